The van der Waals surface area contributed by atoms with E-state index in [9.17, 15) is 96.2 Å². The summed E-state index contributed by atoms with van der Waals surface area (Å²) in [6.07, 6.45) is -24.0. The van der Waals surface area contributed by atoms with E-state index in [0.717, 1.165) is 0 Å². The van der Waals surface area contributed by atoms with Crippen LogP contribution in [0.25, 0.3) is 0 Å². The summed E-state index contributed by atoms with van der Waals surface area (Å²) in [6.45, 7) is 0. The molecule has 0 aromatic rings. The molecule has 0 aliphatic rings. The smallest absolute Gasteiger partial charge is 0.249 e. The minimum Gasteiger partial charge on any atom is -0.249 e. The standard InChI is InChI=1S/C11H2F20O3S/c12-2(4(13,14)7(19,20)9(23,24)25)1-3(34-35(32,33)11(29,30)31)5(15,16)6(17,18)8(21,22)10(26,27)28/h1,3H/b2-1-. The van der Waals surface area contributed by atoms with Gasteiger partial charge in [-0.3, -0.25) is 0 Å². The van der Waals surface area contributed by atoms with Gasteiger partial charge in [-0.2, -0.15) is 91.8 Å². The summed E-state index contributed by atoms with van der Waals surface area (Å²) in [5, 5.41) is 0. The summed E-state index contributed by atoms with van der Waals surface area (Å²) < 4.78 is 277. The lowest BCUT2D eigenvalue weighted by Crippen LogP contribution is -2.65. The van der Waals surface area contributed by atoms with Crippen molar-refractivity contribution in [1.82, 2.24) is 0 Å². The lowest BCUT2D eigenvalue weighted by Gasteiger charge is -2.36. The fourth-order valence-electron chi connectivity index (χ4n) is 1.52. The van der Waals surface area contributed by atoms with Crippen LogP contribution in [0, 0.1) is 0 Å². The summed E-state index contributed by atoms with van der Waals surface area (Å²) in [5.41, 5.74) is -7.13. The van der Waals surface area contributed by atoms with E-state index in [1.54, 1.807) is 0 Å². The van der Waals surface area contributed by atoms with Gasteiger partial charge < -0.3 is 0 Å². The first-order valence-electron chi connectivity index (χ1n) is 7.13. The van der Waals surface area contributed by atoms with Gasteiger partial charge in [0.05, 0.1) is 0 Å². The maximum Gasteiger partial charge on any atom is 0.523 e. The minimum atomic E-state index is -8.25. The molecule has 1 unspecified atom stereocenters. The second kappa shape index (κ2) is 8.68. The van der Waals surface area contributed by atoms with Crippen LogP contribution in [0.5, 0.6) is 0 Å². The maximum absolute atomic E-state index is 13.7. The summed E-state index contributed by atoms with van der Waals surface area (Å²) in [5.74, 6) is -44.4. The van der Waals surface area contributed by atoms with Crippen molar-refractivity contribution in [3.05, 3.63) is 11.9 Å². The van der Waals surface area contributed by atoms with E-state index >= 15 is 0 Å². The highest BCUT2D eigenvalue weighted by Gasteiger charge is 2.84. The Bertz CT molecular complexity index is 904. The third kappa shape index (κ3) is 5.50. The lowest BCUT2D eigenvalue weighted by molar-refractivity contribution is -0.402. The topological polar surface area (TPSA) is 43.4 Å². The molecule has 24 heteroatoms. The molecule has 0 fully saturated rings. The number of halogens is 20. The second-order valence-electron chi connectivity index (χ2n) is 5.85. The fourth-order valence-corrected chi connectivity index (χ4v) is 2.07. The molecule has 0 N–H and O–H groups in total. The molecule has 35 heavy (non-hydrogen) atoms. The number of rotatable bonds is 8. The van der Waals surface area contributed by atoms with Crippen molar-refractivity contribution in [3.8, 4) is 0 Å². The van der Waals surface area contributed by atoms with Crippen LogP contribution in [0.15, 0.2) is 11.9 Å². The molecule has 0 bridgehead atoms. The van der Waals surface area contributed by atoms with E-state index in [4.69, 9.17) is 0 Å². The van der Waals surface area contributed by atoms with Gasteiger partial charge in [0.1, 0.15) is 0 Å². The van der Waals surface area contributed by atoms with Crippen molar-refractivity contribution < 1.29 is 100 Å². The summed E-state index contributed by atoms with van der Waals surface area (Å²) >= 11 is 0. The normalized spacial score (nSPS) is 17.5. The monoisotopic (exact) mass is 594 g/mol. The average molecular weight is 594 g/mol. The van der Waals surface area contributed by atoms with E-state index in [0.29, 0.717) is 0 Å². The molecule has 0 amide bonds. The van der Waals surface area contributed by atoms with E-state index in [1.165, 1.54) is 0 Å². The Hall–Kier alpha value is -1.75. The van der Waals surface area contributed by atoms with Gasteiger partial charge in [0.25, 0.3) is 0 Å². The zero-order chi connectivity index (χ0) is 29.1. The van der Waals surface area contributed by atoms with E-state index in [2.05, 4.69) is 4.18 Å². The quantitative estimate of drug-likeness (QED) is 0.186. The first-order valence-corrected chi connectivity index (χ1v) is 8.54. The van der Waals surface area contributed by atoms with Gasteiger partial charge in [-0.1, -0.05) is 0 Å². The van der Waals surface area contributed by atoms with Crippen LogP contribution in [0.4, 0.5) is 87.8 Å². The fraction of sp³-hybridized carbons (Fsp3) is 0.818. The Kier molecular flexibility index (Phi) is 8.24. The van der Waals surface area contributed by atoms with Crippen LogP contribution in [0.2, 0.25) is 0 Å². The predicted molar refractivity (Wildman–Crippen MR) is 65.9 cm³/mol. The Morgan fingerprint density at radius 1 is 0.600 bits per heavy atom. The third-order valence-electron chi connectivity index (χ3n) is 3.39. The van der Waals surface area contributed by atoms with Gasteiger partial charge in [-0.25, -0.2) is 8.57 Å². The first kappa shape index (κ1) is 33.2. The Morgan fingerprint density at radius 3 is 1.23 bits per heavy atom. The van der Waals surface area contributed by atoms with Crippen LogP contribution >= 0.6 is 0 Å². The van der Waals surface area contributed by atoms with Crippen molar-refractivity contribution in [2.75, 3.05) is 0 Å². The van der Waals surface area contributed by atoms with E-state index < -0.39 is 75.6 Å². The van der Waals surface area contributed by atoms with E-state index in [1.807, 2.05) is 0 Å². The maximum atomic E-state index is 13.7. The van der Waals surface area contributed by atoms with Crippen LogP contribution in [-0.2, 0) is 14.3 Å². The third-order valence-corrected chi connectivity index (χ3v) is 4.42. The lowest BCUT2D eigenvalue weighted by atomic mass is 9.97. The molecule has 1 atom stereocenters. The second-order valence-corrected chi connectivity index (χ2v) is 7.41. The Balaban J connectivity index is 7.21. The average Bonchev–Trinajstić information content (AvgIpc) is 2.57. The number of hydrogen-bond acceptors (Lipinski definition) is 3. The highest BCUT2D eigenvalue weighted by molar-refractivity contribution is 7.87. The highest BCUT2D eigenvalue weighted by Crippen LogP contribution is 2.56. The molecule has 0 heterocycles. The summed E-state index contributed by atoms with van der Waals surface area (Å²) in [7, 11) is -7.98. The first-order chi connectivity index (χ1) is 14.7. The molecule has 3 nitrogen and oxygen atoms in total. The van der Waals surface area contributed by atoms with Gasteiger partial charge in [0.15, 0.2) is 11.9 Å². The summed E-state index contributed by atoms with van der Waals surface area (Å²) in [4.78, 5) is 0. The molecule has 0 aliphatic heterocycles. The molecule has 0 aromatic heterocycles. The largest absolute Gasteiger partial charge is 0.523 e. The molecule has 0 radical (unpaired) electrons. The molecule has 0 saturated heterocycles. The zero-order valence-corrected chi connectivity index (χ0v) is 15.7. The minimum absolute atomic E-state index is 2.07. The Morgan fingerprint density at radius 2 is 0.943 bits per heavy atom. The van der Waals surface area contributed by atoms with Gasteiger partial charge in [-0.15, -0.1) is 0 Å². The molecule has 0 spiro atoms. The van der Waals surface area contributed by atoms with Crippen LogP contribution in [0.1, 0.15) is 0 Å². The molecule has 0 aliphatic carbocycles. The van der Waals surface area contributed by atoms with Crippen LogP contribution in [0.3, 0.4) is 0 Å². The van der Waals surface area contributed by atoms with Gasteiger partial charge >= 0.3 is 57.6 Å². The van der Waals surface area contributed by atoms with Gasteiger partial charge in [0, 0.05) is 0 Å². The predicted octanol–water partition coefficient (Wildman–Crippen LogP) is 6.38. The van der Waals surface area contributed by atoms with Crippen molar-refractivity contribution in [3.63, 3.8) is 0 Å². The van der Waals surface area contributed by atoms with Gasteiger partial charge in [-0.05, 0) is 6.08 Å². The van der Waals surface area contributed by atoms with Crippen molar-refractivity contribution in [2.24, 2.45) is 0 Å². The molecule has 0 aromatic carbocycles. The van der Waals surface area contributed by atoms with Gasteiger partial charge in [0.2, 0.25) is 0 Å². The molecule has 210 valence electrons. The van der Waals surface area contributed by atoms with Crippen LogP contribution < -0.4 is 0 Å². The molecule has 0 rings (SSSR count). The molecular weight excluding hydrogens is 592 g/mol. The van der Waals surface area contributed by atoms with Crippen molar-refractivity contribution in [1.29, 1.82) is 0 Å². The highest BCUT2D eigenvalue weighted by atomic mass is 32.2. The van der Waals surface area contributed by atoms with E-state index in [-0.39, 0.29) is 0 Å². The number of hydrogen-bond donors (Lipinski definition) is 0. The zero-order valence-electron chi connectivity index (χ0n) is 14.8. The summed E-state index contributed by atoms with van der Waals surface area (Å²) in [6, 6.07) is 0. The van der Waals surface area contributed by atoms with Crippen molar-refractivity contribution in [2.45, 2.75) is 53.6 Å². The Labute approximate surface area is 177 Å². The molecule has 0 saturated carbocycles. The van der Waals surface area contributed by atoms with Crippen LogP contribution in [-0.4, -0.2) is 62.0 Å². The number of alkyl halides is 19. The molecular formula is C11H2F20O3S. The number of allylic oxidation sites excluding steroid dienone is 1. The SMILES string of the molecule is O=S(=O)(OC(/C=C(\F)C(F)(F)C(F)(F)C(F)(F)F)C(F)(F)C(F)(F)C(F)(F)C(F)(F)F)C(F)(F)F. The van der Waals surface area contributed by atoms with Crippen molar-refractivity contribution >= 4 is 10.1 Å².